The first-order chi connectivity index (χ1) is 10.2. The van der Waals surface area contributed by atoms with Crippen molar-refractivity contribution in [3.63, 3.8) is 0 Å². The molecule has 0 bridgehead atoms. The third kappa shape index (κ3) is 3.78. The fraction of sp³-hybridized carbons (Fsp3) is 0.625. The minimum absolute atomic E-state index is 0.0782. The van der Waals surface area contributed by atoms with Crippen LogP contribution in [0.2, 0.25) is 0 Å². The highest BCUT2D eigenvalue weighted by Gasteiger charge is 2.31. The summed E-state index contributed by atoms with van der Waals surface area (Å²) in [5.74, 6) is 0. The van der Waals surface area contributed by atoms with Crippen LogP contribution in [0.4, 0.5) is 8.78 Å². The molecule has 0 aliphatic carbocycles. The summed E-state index contributed by atoms with van der Waals surface area (Å²) in [5.41, 5.74) is 1.10. The number of nitrogens with one attached hydrogen (secondary N) is 1. The van der Waals surface area contributed by atoms with E-state index in [-0.39, 0.29) is 11.7 Å². The normalized spacial score (nSPS) is 26.2. The molecule has 0 spiro atoms. The molecule has 3 rings (SSSR count). The van der Waals surface area contributed by atoms with Crippen LogP contribution in [0.1, 0.15) is 30.4 Å². The lowest BCUT2D eigenvalue weighted by Gasteiger charge is -2.35. The Morgan fingerprint density at radius 2 is 2.10 bits per heavy atom. The Bertz CT molecular complexity index is 452. The van der Waals surface area contributed by atoms with Crippen molar-refractivity contribution in [2.45, 2.75) is 38.0 Å². The quantitative estimate of drug-likeness (QED) is 0.904. The maximum atomic E-state index is 12.5. The monoisotopic (exact) mass is 296 g/mol. The van der Waals surface area contributed by atoms with E-state index in [0.29, 0.717) is 12.6 Å². The van der Waals surface area contributed by atoms with Gasteiger partial charge < -0.3 is 10.1 Å². The van der Waals surface area contributed by atoms with Crippen LogP contribution in [0.5, 0.6) is 0 Å². The van der Waals surface area contributed by atoms with E-state index in [4.69, 9.17) is 4.74 Å². The first-order valence-electron chi connectivity index (χ1n) is 7.66. The van der Waals surface area contributed by atoms with E-state index in [0.717, 1.165) is 25.3 Å². The van der Waals surface area contributed by atoms with Gasteiger partial charge in [0.2, 0.25) is 0 Å². The molecule has 2 aliphatic rings. The van der Waals surface area contributed by atoms with Gasteiger partial charge in [0.15, 0.2) is 0 Å². The van der Waals surface area contributed by atoms with E-state index >= 15 is 0 Å². The molecule has 0 saturated carbocycles. The molecule has 2 aliphatic heterocycles. The minimum Gasteiger partial charge on any atom is -0.374 e. The molecule has 21 heavy (non-hydrogen) atoms. The number of halogens is 2. The lowest BCUT2D eigenvalue weighted by molar-refractivity contribution is -0.0470. The molecule has 0 radical (unpaired) electrons. The van der Waals surface area contributed by atoms with Crippen LogP contribution in [0.3, 0.4) is 0 Å². The number of hydrogen-bond donors (Lipinski definition) is 1. The molecule has 2 unspecified atom stereocenters. The minimum atomic E-state index is -2.39. The van der Waals surface area contributed by atoms with Crippen LogP contribution in [-0.2, 0) is 11.3 Å². The molecule has 2 heterocycles. The molecule has 2 atom stereocenters. The smallest absolute Gasteiger partial charge is 0.263 e. The zero-order valence-electron chi connectivity index (χ0n) is 12.1. The van der Waals surface area contributed by atoms with Gasteiger partial charge in [-0.2, -0.15) is 0 Å². The first kappa shape index (κ1) is 14.9. The fourth-order valence-corrected chi connectivity index (χ4v) is 3.17. The van der Waals surface area contributed by atoms with Gasteiger partial charge in [-0.25, -0.2) is 8.78 Å². The maximum absolute atomic E-state index is 12.5. The summed E-state index contributed by atoms with van der Waals surface area (Å²) >= 11 is 0. The number of benzene rings is 1. The third-order valence-electron chi connectivity index (χ3n) is 4.39. The zero-order chi connectivity index (χ0) is 14.7. The topological polar surface area (TPSA) is 24.5 Å². The van der Waals surface area contributed by atoms with Crippen LogP contribution in [0.25, 0.3) is 0 Å². The highest BCUT2D eigenvalue weighted by molar-refractivity contribution is 5.23. The lowest BCUT2D eigenvalue weighted by atomic mass is 10.1. The second-order valence-electron chi connectivity index (χ2n) is 5.92. The van der Waals surface area contributed by atoms with Crippen LogP contribution in [0.15, 0.2) is 24.3 Å². The summed E-state index contributed by atoms with van der Waals surface area (Å²) < 4.78 is 30.8. The standard InChI is InChI=1S/C16H22F2N2O/c17-16(18)13-5-3-12(4-6-13)8-19-9-15-10-20-7-1-2-14(20)11-21-15/h3-6,14-16,19H,1-2,7-11H2. The lowest BCUT2D eigenvalue weighted by Crippen LogP contribution is -2.49. The van der Waals surface area contributed by atoms with Gasteiger partial charge in [-0.3, -0.25) is 4.90 Å². The first-order valence-corrected chi connectivity index (χ1v) is 7.66. The molecule has 1 aromatic carbocycles. The van der Waals surface area contributed by atoms with Crippen LogP contribution < -0.4 is 5.32 Å². The summed E-state index contributed by atoms with van der Waals surface area (Å²) in [6.45, 7) is 4.53. The molecule has 5 heteroatoms. The summed E-state index contributed by atoms with van der Waals surface area (Å²) in [6.07, 6.45) is 0.386. The predicted octanol–water partition coefficient (Wildman–Crippen LogP) is 2.58. The number of ether oxygens (including phenoxy) is 1. The van der Waals surface area contributed by atoms with E-state index in [2.05, 4.69) is 10.2 Å². The largest absolute Gasteiger partial charge is 0.374 e. The van der Waals surface area contributed by atoms with Crippen LogP contribution in [0, 0.1) is 0 Å². The van der Waals surface area contributed by atoms with Crippen molar-refractivity contribution in [1.29, 1.82) is 0 Å². The average Bonchev–Trinajstić information content (AvgIpc) is 2.95. The maximum Gasteiger partial charge on any atom is 0.263 e. The van der Waals surface area contributed by atoms with Crippen molar-refractivity contribution >= 4 is 0 Å². The van der Waals surface area contributed by atoms with Gasteiger partial charge in [0.05, 0.1) is 12.7 Å². The summed E-state index contributed by atoms with van der Waals surface area (Å²) in [5, 5.41) is 3.36. The Morgan fingerprint density at radius 3 is 2.86 bits per heavy atom. The molecule has 1 aromatic rings. The molecule has 116 valence electrons. The second kappa shape index (κ2) is 6.81. The Balaban J connectivity index is 1.41. The van der Waals surface area contributed by atoms with E-state index in [9.17, 15) is 8.78 Å². The number of nitrogens with zero attached hydrogens (tertiary/aromatic N) is 1. The number of rotatable bonds is 5. The molecular formula is C16H22F2N2O. The summed E-state index contributed by atoms with van der Waals surface area (Å²) in [6, 6.07) is 7.13. The molecule has 2 fully saturated rings. The van der Waals surface area contributed by atoms with E-state index in [1.54, 1.807) is 12.1 Å². The Kier molecular flexibility index (Phi) is 4.83. The summed E-state index contributed by atoms with van der Waals surface area (Å²) in [7, 11) is 0. The molecule has 1 N–H and O–H groups in total. The number of fused-ring (bicyclic) bond motifs is 1. The molecule has 0 aromatic heterocycles. The molecule has 2 saturated heterocycles. The summed E-state index contributed by atoms with van der Waals surface area (Å²) in [4.78, 5) is 2.52. The predicted molar refractivity (Wildman–Crippen MR) is 77.4 cm³/mol. The van der Waals surface area contributed by atoms with Crippen molar-refractivity contribution in [1.82, 2.24) is 10.2 Å². The van der Waals surface area contributed by atoms with Gasteiger partial charge in [-0.05, 0) is 24.9 Å². The van der Waals surface area contributed by atoms with Gasteiger partial charge in [-0.1, -0.05) is 24.3 Å². The van der Waals surface area contributed by atoms with Gasteiger partial charge in [0, 0.05) is 31.2 Å². The van der Waals surface area contributed by atoms with E-state index < -0.39 is 6.43 Å². The van der Waals surface area contributed by atoms with Gasteiger partial charge in [0.25, 0.3) is 6.43 Å². The van der Waals surface area contributed by atoms with Crippen molar-refractivity contribution in [2.75, 3.05) is 26.2 Å². The molecule has 0 amide bonds. The van der Waals surface area contributed by atoms with Crippen LogP contribution in [-0.4, -0.2) is 43.3 Å². The Hall–Kier alpha value is -1.04. The Labute approximate surface area is 124 Å². The van der Waals surface area contributed by atoms with Gasteiger partial charge in [-0.15, -0.1) is 0 Å². The molecule has 3 nitrogen and oxygen atoms in total. The van der Waals surface area contributed by atoms with Crippen molar-refractivity contribution in [2.24, 2.45) is 0 Å². The number of morpholine rings is 1. The molecular weight excluding hydrogens is 274 g/mol. The van der Waals surface area contributed by atoms with Gasteiger partial charge in [0.1, 0.15) is 0 Å². The highest BCUT2D eigenvalue weighted by atomic mass is 19.3. The van der Waals surface area contributed by atoms with Crippen molar-refractivity contribution < 1.29 is 13.5 Å². The van der Waals surface area contributed by atoms with E-state index in [1.165, 1.54) is 31.5 Å². The van der Waals surface area contributed by atoms with Crippen molar-refractivity contribution in [3.8, 4) is 0 Å². The number of hydrogen-bond acceptors (Lipinski definition) is 3. The average molecular weight is 296 g/mol. The zero-order valence-corrected chi connectivity index (χ0v) is 12.1. The highest BCUT2D eigenvalue weighted by Crippen LogP contribution is 2.22. The Morgan fingerprint density at radius 1 is 1.29 bits per heavy atom. The second-order valence-corrected chi connectivity index (χ2v) is 5.92. The SMILES string of the molecule is FC(F)c1ccc(CNCC2CN3CCCC3CO2)cc1. The van der Waals surface area contributed by atoms with Crippen molar-refractivity contribution in [3.05, 3.63) is 35.4 Å². The van der Waals surface area contributed by atoms with Gasteiger partial charge >= 0.3 is 0 Å². The van der Waals surface area contributed by atoms with E-state index in [1.807, 2.05) is 0 Å². The van der Waals surface area contributed by atoms with Crippen LogP contribution >= 0.6 is 0 Å². The number of alkyl halides is 2. The third-order valence-corrected chi connectivity index (χ3v) is 4.39. The fourth-order valence-electron chi connectivity index (χ4n) is 3.17.